The predicted octanol–water partition coefficient (Wildman–Crippen LogP) is 3.42. The lowest BCUT2D eigenvalue weighted by atomic mass is 9.91. The van der Waals surface area contributed by atoms with Crippen molar-refractivity contribution in [3.05, 3.63) is 35.4 Å². The smallest absolute Gasteiger partial charge is 0.364 e. The summed E-state index contributed by atoms with van der Waals surface area (Å²) >= 11 is 0. The molecule has 0 N–H and O–H groups in total. The lowest BCUT2D eigenvalue weighted by molar-refractivity contribution is -0.269. The lowest BCUT2D eigenvalue weighted by Gasteiger charge is -2.32. The minimum atomic E-state index is -4.42. The van der Waals surface area contributed by atoms with Crippen LogP contribution in [-0.2, 0) is 10.3 Å². The van der Waals surface area contributed by atoms with Crippen molar-refractivity contribution < 1.29 is 17.9 Å². The Kier molecular flexibility index (Phi) is 3.09. The Balaban J connectivity index is 3.30. The summed E-state index contributed by atoms with van der Waals surface area (Å²) in [6, 6.07) is 6.35. The van der Waals surface area contributed by atoms with Gasteiger partial charge in [0.25, 0.3) is 0 Å². The van der Waals surface area contributed by atoms with E-state index in [-0.39, 0.29) is 5.56 Å². The first-order chi connectivity index (χ1) is 6.83. The summed E-state index contributed by atoms with van der Waals surface area (Å²) in [7, 11) is 1.07. The molecule has 1 aromatic rings. The molecule has 0 aliphatic carbocycles. The standard InChI is InChI=1S/C11H13F3O/c1-8-6-4-5-7-9(8)10(2,15-3)11(12,13)14/h4-7H,1-3H3. The van der Waals surface area contributed by atoms with Crippen molar-refractivity contribution >= 4 is 0 Å². The van der Waals surface area contributed by atoms with Gasteiger partial charge in [-0.15, -0.1) is 0 Å². The number of hydrogen-bond acceptors (Lipinski definition) is 1. The number of methoxy groups -OCH3 is 1. The molecule has 0 radical (unpaired) electrons. The predicted molar refractivity (Wildman–Crippen MR) is 51.6 cm³/mol. The molecule has 0 bridgehead atoms. The maximum atomic E-state index is 12.8. The second-order valence-corrected chi connectivity index (χ2v) is 3.55. The molecule has 0 aliphatic rings. The minimum absolute atomic E-state index is 0.153. The molecule has 1 rings (SSSR count). The van der Waals surface area contributed by atoms with Crippen LogP contribution in [0.4, 0.5) is 13.2 Å². The third-order valence-corrected chi connectivity index (χ3v) is 2.61. The van der Waals surface area contributed by atoms with Crippen molar-refractivity contribution in [2.75, 3.05) is 7.11 Å². The van der Waals surface area contributed by atoms with E-state index >= 15 is 0 Å². The molecule has 1 atom stereocenters. The van der Waals surface area contributed by atoms with Gasteiger partial charge >= 0.3 is 6.18 Å². The molecule has 0 aromatic heterocycles. The summed E-state index contributed by atoms with van der Waals surface area (Å²) in [5.41, 5.74) is -1.52. The number of alkyl halides is 3. The Morgan fingerprint density at radius 2 is 1.67 bits per heavy atom. The average molecular weight is 218 g/mol. The number of hydrogen-bond donors (Lipinski definition) is 0. The van der Waals surface area contributed by atoms with E-state index in [4.69, 9.17) is 0 Å². The highest BCUT2D eigenvalue weighted by molar-refractivity contribution is 5.32. The third kappa shape index (κ3) is 2.00. The van der Waals surface area contributed by atoms with Crippen LogP contribution < -0.4 is 0 Å². The largest absolute Gasteiger partial charge is 0.421 e. The molecule has 1 aromatic carbocycles. The van der Waals surface area contributed by atoms with Gasteiger partial charge < -0.3 is 4.74 Å². The van der Waals surface area contributed by atoms with Crippen molar-refractivity contribution in [3.63, 3.8) is 0 Å². The minimum Gasteiger partial charge on any atom is -0.364 e. The van der Waals surface area contributed by atoms with Gasteiger partial charge in [-0.05, 0) is 25.0 Å². The number of rotatable bonds is 2. The summed E-state index contributed by atoms with van der Waals surface area (Å²) in [6.45, 7) is 2.67. The quantitative estimate of drug-likeness (QED) is 0.739. The van der Waals surface area contributed by atoms with E-state index in [0.717, 1.165) is 14.0 Å². The fourth-order valence-electron chi connectivity index (χ4n) is 1.49. The van der Waals surface area contributed by atoms with Crippen LogP contribution in [0.25, 0.3) is 0 Å². The molecule has 0 aliphatic heterocycles. The first kappa shape index (κ1) is 12.0. The molecular weight excluding hydrogens is 205 g/mol. The Morgan fingerprint density at radius 1 is 1.13 bits per heavy atom. The van der Waals surface area contributed by atoms with Gasteiger partial charge in [0, 0.05) is 7.11 Å². The van der Waals surface area contributed by atoms with Gasteiger partial charge in [-0.1, -0.05) is 24.3 Å². The highest BCUT2D eigenvalue weighted by Crippen LogP contribution is 2.42. The molecule has 0 fully saturated rings. The summed E-state index contributed by atoms with van der Waals surface area (Å²) in [6.07, 6.45) is -4.42. The molecular formula is C11H13F3O. The zero-order valence-corrected chi connectivity index (χ0v) is 8.85. The van der Waals surface area contributed by atoms with Crippen molar-refractivity contribution in [3.8, 4) is 0 Å². The van der Waals surface area contributed by atoms with Gasteiger partial charge in [-0.25, -0.2) is 0 Å². The number of ether oxygens (including phenoxy) is 1. The van der Waals surface area contributed by atoms with E-state index in [9.17, 15) is 13.2 Å². The topological polar surface area (TPSA) is 9.23 Å². The fraction of sp³-hybridized carbons (Fsp3) is 0.455. The van der Waals surface area contributed by atoms with Crippen molar-refractivity contribution in [2.24, 2.45) is 0 Å². The second-order valence-electron chi connectivity index (χ2n) is 3.55. The van der Waals surface area contributed by atoms with E-state index in [1.807, 2.05) is 0 Å². The van der Waals surface area contributed by atoms with Gasteiger partial charge in [-0.2, -0.15) is 13.2 Å². The van der Waals surface area contributed by atoms with E-state index in [2.05, 4.69) is 4.74 Å². The molecule has 84 valence electrons. The zero-order valence-electron chi connectivity index (χ0n) is 8.85. The Hall–Kier alpha value is -1.03. The van der Waals surface area contributed by atoms with Gasteiger partial charge in [0.05, 0.1) is 0 Å². The molecule has 0 amide bonds. The van der Waals surface area contributed by atoms with Crippen LogP contribution in [0.2, 0.25) is 0 Å². The van der Waals surface area contributed by atoms with E-state index < -0.39 is 11.8 Å². The summed E-state index contributed by atoms with van der Waals surface area (Å²) in [5, 5.41) is 0. The van der Waals surface area contributed by atoms with Crippen LogP contribution >= 0.6 is 0 Å². The van der Waals surface area contributed by atoms with E-state index in [0.29, 0.717) is 5.56 Å². The molecule has 1 nitrogen and oxygen atoms in total. The van der Waals surface area contributed by atoms with Gasteiger partial charge in [0.15, 0.2) is 5.60 Å². The van der Waals surface area contributed by atoms with Crippen LogP contribution in [-0.4, -0.2) is 13.3 Å². The molecule has 1 unspecified atom stereocenters. The summed E-state index contributed by atoms with van der Waals surface area (Å²) in [5.74, 6) is 0. The Labute approximate surface area is 86.9 Å². The zero-order chi connectivity index (χ0) is 11.7. The van der Waals surface area contributed by atoms with Gasteiger partial charge in [0.1, 0.15) is 0 Å². The normalized spacial score (nSPS) is 16.1. The third-order valence-electron chi connectivity index (χ3n) is 2.61. The highest BCUT2D eigenvalue weighted by Gasteiger charge is 2.53. The molecule has 0 saturated heterocycles. The van der Waals surface area contributed by atoms with Crippen LogP contribution in [0.3, 0.4) is 0 Å². The molecule has 0 heterocycles. The SMILES string of the molecule is COC(C)(c1ccccc1C)C(F)(F)F. The van der Waals surface area contributed by atoms with Crippen LogP contribution in [0, 0.1) is 6.92 Å². The van der Waals surface area contributed by atoms with Crippen molar-refractivity contribution in [1.29, 1.82) is 0 Å². The maximum absolute atomic E-state index is 12.8. The van der Waals surface area contributed by atoms with E-state index in [1.165, 1.54) is 6.07 Å². The molecule has 0 saturated carbocycles. The van der Waals surface area contributed by atoms with Crippen LogP contribution in [0.15, 0.2) is 24.3 Å². The van der Waals surface area contributed by atoms with Gasteiger partial charge in [-0.3, -0.25) is 0 Å². The number of aryl methyl sites for hydroxylation is 1. The van der Waals surface area contributed by atoms with Crippen LogP contribution in [0.1, 0.15) is 18.1 Å². The summed E-state index contributed by atoms with van der Waals surface area (Å²) in [4.78, 5) is 0. The molecule has 0 spiro atoms. The van der Waals surface area contributed by atoms with Crippen LogP contribution in [0.5, 0.6) is 0 Å². The van der Waals surface area contributed by atoms with Crippen molar-refractivity contribution in [1.82, 2.24) is 0 Å². The number of halogens is 3. The monoisotopic (exact) mass is 218 g/mol. The average Bonchev–Trinajstić information content (AvgIpc) is 2.15. The fourth-order valence-corrected chi connectivity index (χ4v) is 1.49. The highest BCUT2D eigenvalue weighted by atomic mass is 19.4. The second kappa shape index (κ2) is 3.85. The Morgan fingerprint density at radius 3 is 2.07 bits per heavy atom. The maximum Gasteiger partial charge on any atom is 0.421 e. The number of benzene rings is 1. The van der Waals surface area contributed by atoms with E-state index in [1.54, 1.807) is 25.1 Å². The molecule has 4 heteroatoms. The lowest BCUT2D eigenvalue weighted by Crippen LogP contribution is -2.41. The van der Waals surface area contributed by atoms with Crippen molar-refractivity contribution in [2.45, 2.75) is 25.6 Å². The van der Waals surface area contributed by atoms with Gasteiger partial charge in [0.2, 0.25) is 0 Å². The first-order valence-electron chi connectivity index (χ1n) is 4.51. The first-order valence-corrected chi connectivity index (χ1v) is 4.51. The Bertz CT molecular complexity index is 346. The molecule has 15 heavy (non-hydrogen) atoms. The summed E-state index contributed by atoms with van der Waals surface area (Å²) < 4.78 is 43.2.